The first-order valence-electron chi connectivity index (χ1n) is 5.11. The normalized spacial score (nSPS) is 10.2. The fourth-order valence-corrected chi connectivity index (χ4v) is 1.94. The first-order valence-corrected chi connectivity index (χ1v) is 5.90. The predicted molar refractivity (Wildman–Crippen MR) is 75.3 cm³/mol. The van der Waals surface area contributed by atoms with Crippen molar-refractivity contribution in [3.63, 3.8) is 0 Å². The third-order valence-corrected chi connectivity index (χ3v) is 2.96. The molecule has 0 atom stereocenters. The van der Waals surface area contributed by atoms with E-state index in [0.717, 1.165) is 22.5 Å². The molecule has 17 heavy (non-hydrogen) atoms. The van der Waals surface area contributed by atoms with Crippen molar-refractivity contribution in [1.82, 2.24) is 4.98 Å². The maximum atomic E-state index is 5.84. The van der Waals surface area contributed by atoms with Gasteiger partial charge in [0.1, 0.15) is 4.99 Å². The van der Waals surface area contributed by atoms with E-state index in [1.54, 1.807) is 0 Å². The summed E-state index contributed by atoms with van der Waals surface area (Å²) >= 11 is 10.8. The molecular formula is C13H11ClN2S. The highest BCUT2D eigenvalue weighted by Gasteiger charge is 2.05. The topological polar surface area (TPSA) is 38.9 Å². The Morgan fingerprint density at radius 2 is 1.82 bits per heavy atom. The van der Waals surface area contributed by atoms with Crippen molar-refractivity contribution in [3.8, 4) is 11.3 Å². The highest BCUT2D eigenvalue weighted by Crippen LogP contribution is 2.21. The van der Waals surface area contributed by atoms with Crippen LogP contribution >= 0.6 is 23.8 Å². The Hall–Kier alpha value is -1.45. The SMILES string of the molecule is Cc1nc(-c2ccc(Cl)cc2)ccc1C(N)=S. The molecule has 1 heterocycles. The second-order valence-corrected chi connectivity index (χ2v) is 4.58. The van der Waals surface area contributed by atoms with Crippen LogP contribution in [0.2, 0.25) is 5.02 Å². The van der Waals surface area contributed by atoms with E-state index in [-0.39, 0.29) is 0 Å². The Labute approximate surface area is 110 Å². The van der Waals surface area contributed by atoms with Crippen molar-refractivity contribution < 1.29 is 0 Å². The first kappa shape index (κ1) is 12.0. The minimum atomic E-state index is 0.373. The van der Waals surface area contributed by atoms with Crippen LogP contribution in [0.1, 0.15) is 11.3 Å². The quantitative estimate of drug-likeness (QED) is 0.844. The molecular weight excluding hydrogens is 252 g/mol. The molecule has 0 saturated heterocycles. The molecule has 1 aromatic carbocycles. The number of nitrogens with zero attached hydrogens (tertiary/aromatic N) is 1. The Kier molecular flexibility index (Phi) is 3.41. The van der Waals surface area contributed by atoms with E-state index >= 15 is 0 Å². The average molecular weight is 263 g/mol. The van der Waals surface area contributed by atoms with Crippen molar-refractivity contribution in [2.75, 3.05) is 0 Å². The lowest BCUT2D eigenvalue weighted by Gasteiger charge is -2.06. The molecule has 0 bridgehead atoms. The fraction of sp³-hybridized carbons (Fsp3) is 0.0769. The Morgan fingerprint density at radius 1 is 1.18 bits per heavy atom. The number of pyridine rings is 1. The number of aryl methyl sites for hydroxylation is 1. The highest BCUT2D eigenvalue weighted by molar-refractivity contribution is 7.80. The number of hydrogen-bond acceptors (Lipinski definition) is 2. The number of rotatable bonds is 2. The molecule has 0 saturated carbocycles. The lowest BCUT2D eigenvalue weighted by molar-refractivity contribution is 1.19. The van der Waals surface area contributed by atoms with Crippen molar-refractivity contribution in [2.24, 2.45) is 5.73 Å². The number of halogens is 1. The van der Waals surface area contributed by atoms with Gasteiger partial charge in [-0.1, -0.05) is 36.0 Å². The number of aromatic nitrogens is 1. The third-order valence-electron chi connectivity index (χ3n) is 2.49. The average Bonchev–Trinajstić information content (AvgIpc) is 2.29. The van der Waals surface area contributed by atoms with E-state index in [9.17, 15) is 0 Å². The van der Waals surface area contributed by atoms with Gasteiger partial charge in [0.15, 0.2) is 0 Å². The number of thiocarbonyl (C=S) groups is 1. The second-order valence-electron chi connectivity index (χ2n) is 3.70. The molecule has 0 radical (unpaired) electrons. The molecule has 1 aromatic heterocycles. The maximum absolute atomic E-state index is 5.84. The van der Waals surface area contributed by atoms with E-state index < -0.39 is 0 Å². The molecule has 4 heteroatoms. The molecule has 0 aliphatic carbocycles. The van der Waals surface area contributed by atoms with Gasteiger partial charge >= 0.3 is 0 Å². The summed E-state index contributed by atoms with van der Waals surface area (Å²) in [5.74, 6) is 0. The zero-order valence-corrected chi connectivity index (χ0v) is 10.8. The molecule has 2 nitrogen and oxygen atoms in total. The molecule has 2 N–H and O–H groups in total. The van der Waals surface area contributed by atoms with Gasteiger partial charge in [-0.15, -0.1) is 0 Å². The molecule has 0 amide bonds. The van der Waals surface area contributed by atoms with E-state index in [2.05, 4.69) is 4.98 Å². The molecule has 0 fully saturated rings. The van der Waals surface area contributed by atoms with Gasteiger partial charge in [-0.3, -0.25) is 4.98 Å². The molecule has 0 aliphatic rings. The van der Waals surface area contributed by atoms with Crippen LogP contribution in [0, 0.1) is 6.92 Å². The Balaban J connectivity index is 2.44. The minimum Gasteiger partial charge on any atom is -0.389 e. The van der Waals surface area contributed by atoms with Crippen molar-refractivity contribution in [1.29, 1.82) is 0 Å². The second kappa shape index (κ2) is 4.82. The summed E-state index contributed by atoms with van der Waals surface area (Å²) in [7, 11) is 0. The van der Waals surface area contributed by atoms with Gasteiger partial charge in [0.2, 0.25) is 0 Å². The summed E-state index contributed by atoms with van der Waals surface area (Å²) in [6.07, 6.45) is 0. The zero-order valence-electron chi connectivity index (χ0n) is 9.27. The van der Waals surface area contributed by atoms with Crippen LogP contribution in [0.4, 0.5) is 0 Å². The zero-order chi connectivity index (χ0) is 12.4. The van der Waals surface area contributed by atoms with Crippen molar-refractivity contribution in [3.05, 3.63) is 52.7 Å². The summed E-state index contributed by atoms with van der Waals surface area (Å²) < 4.78 is 0. The van der Waals surface area contributed by atoms with Gasteiger partial charge in [0, 0.05) is 21.8 Å². The fourth-order valence-electron chi connectivity index (χ4n) is 1.60. The molecule has 0 spiro atoms. The van der Waals surface area contributed by atoms with Crippen molar-refractivity contribution in [2.45, 2.75) is 6.92 Å². The first-order chi connectivity index (χ1) is 8.08. The van der Waals surface area contributed by atoms with Crippen LogP contribution in [0.3, 0.4) is 0 Å². The number of hydrogen-bond donors (Lipinski definition) is 1. The molecule has 2 rings (SSSR count). The van der Waals surface area contributed by atoms with E-state index in [1.807, 2.05) is 43.3 Å². The van der Waals surface area contributed by atoms with Crippen LogP contribution in [0.15, 0.2) is 36.4 Å². The van der Waals surface area contributed by atoms with E-state index in [4.69, 9.17) is 29.6 Å². The lowest BCUT2D eigenvalue weighted by Crippen LogP contribution is -2.12. The van der Waals surface area contributed by atoms with Gasteiger partial charge in [-0.25, -0.2) is 0 Å². The van der Waals surface area contributed by atoms with Crippen LogP contribution < -0.4 is 5.73 Å². The van der Waals surface area contributed by atoms with Crippen LogP contribution in [0.25, 0.3) is 11.3 Å². The van der Waals surface area contributed by atoms with Crippen LogP contribution in [0.5, 0.6) is 0 Å². The summed E-state index contributed by atoms with van der Waals surface area (Å²) in [5.41, 5.74) is 9.16. The smallest absolute Gasteiger partial charge is 0.105 e. The molecule has 2 aromatic rings. The van der Waals surface area contributed by atoms with Gasteiger partial charge in [-0.2, -0.15) is 0 Å². The van der Waals surface area contributed by atoms with Crippen LogP contribution in [-0.2, 0) is 0 Å². The lowest BCUT2D eigenvalue weighted by atomic mass is 10.1. The monoisotopic (exact) mass is 262 g/mol. The Morgan fingerprint density at radius 3 is 2.35 bits per heavy atom. The standard InChI is InChI=1S/C13H11ClN2S/c1-8-11(13(15)17)6-7-12(16-8)9-2-4-10(14)5-3-9/h2-7H,1H3,(H2,15,17). The van der Waals surface area contributed by atoms with Crippen LogP contribution in [-0.4, -0.2) is 9.97 Å². The number of nitrogens with two attached hydrogens (primary N) is 1. The Bertz CT molecular complexity index is 564. The van der Waals surface area contributed by atoms with Gasteiger partial charge < -0.3 is 5.73 Å². The van der Waals surface area contributed by atoms with Crippen molar-refractivity contribution >= 4 is 28.8 Å². The predicted octanol–water partition coefficient (Wildman–Crippen LogP) is 3.34. The largest absolute Gasteiger partial charge is 0.389 e. The molecule has 0 aliphatic heterocycles. The van der Waals surface area contributed by atoms with Gasteiger partial charge in [-0.05, 0) is 31.2 Å². The minimum absolute atomic E-state index is 0.373. The number of benzene rings is 1. The summed E-state index contributed by atoms with van der Waals surface area (Å²) in [6.45, 7) is 1.90. The molecule has 0 unspecified atom stereocenters. The third kappa shape index (κ3) is 2.62. The van der Waals surface area contributed by atoms with E-state index in [0.29, 0.717) is 10.0 Å². The highest BCUT2D eigenvalue weighted by atomic mass is 35.5. The summed E-state index contributed by atoms with van der Waals surface area (Å²) in [5, 5.41) is 0.713. The van der Waals surface area contributed by atoms with Gasteiger partial charge in [0.05, 0.1) is 5.69 Å². The maximum Gasteiger partial charge on any atom is 0.105 e. The summed E-state index contributed by atoms with van der Waals surface area (Å²) in [6, 6.07) is 11.4. The van der Waals surface area contributed by atoms with Gasteiger partial charge in [0.25, 0.3) is 0 Å². The molecule has 86 valence electrons. The van der Waals surface area contributed by atoms with E-state index in [1.165, 1.54) is 0 Å². The summed E-state index contributed by atoms with van der Waals surface area (Å²) in [4.78, 5) is 4.86.